The Balaban J connectivity index is 2.20. The van der Waals surface area contributed by atoms with Crippen LogP contribution in [0.4, 0.5) is 5.82 Å². The summed E-state index contributed by atoms with van der Waals surface area (Å²) in [7, 11) is 0. The zero-order chi connectivity index (χ0) is 12.3. The van der Waals surface area contributed by atoms with Crippen molar-refractivity contribution in [1.82, 2.24) is 4.98 Å². The molecule has 1 heterocycles. The molecule has 0 bridgehead atoms. The first-order valence-corrected chi connectivity index (χ1v) is 5.46. The SMILES string of the molecule is Cc1cccc(C(=O)Nc2ncccc2C)c1. The van der Waals surface area contributed by atoms with Gasteiger partial charge in [0.15, 0.2) is 0 Å². The predicted molar refractivity (Wildman–Crippen MR) is 68.1 cm³/mol. The minimum Gasteiger partial charge on any atom is -0.306 e. The monoisotopic (exact) mass is 226 g/mol. The second-order valence-electron chi connectivity index (χ2n) is 3.99. The maximum Gasteiger partial charge on any atom is 0.256 e. The molecule has 1 aromatic carbocycles. The number of carbonyl (C=O) groups is 1. The summed E-state index contributed by atoms with van der Waals surface area (Å²) < 4.78 is 0. The number of pyridine rings is 1. The predicted octanol–water partition coefficient (Wildman–Crippen LogP) is 2.95. The smallest absolute Gasteiger partial charge is 0.256 e. The molecule has 0 radical (unpaired) electrons. The van der Waals surface area contributed by atoms with Gasteiger partial charge in [-0.1, -0.05) is 23.8 Å². The molecule has 0 aliphatic heterocycles. The van der Waals surface area contributed by atoms with Crippen LogP contribution < -0.4 is 5.32 Å². The second-order valence-corrected chi connectivity index (χ2v) is 3.99. The summed E-state index contributed by atoms with van der Waals surface area (Å²) in [4.78, 5) is 16.1. The molecule has 2 aromatic rings. The number of amides is 1. The average molecular weight is 226 g/mol. The molecule has 0 saturated heterocycles. The van der Waals surface area contributed by atoms with Crippen molar-refractivity contribution in [3.8, 4) is 0 Å². The molecular formula is C14H14N2O. The van der Waals surface area contributed by atoms with Crippen molar-refractivity contribution < 1.29 is 4.79 Å². The van der Waals surface area contributed by atoms with Crippen LogP contribution in [0.3, 0.4) is 0 Å². The Hall–Kier alpha value is -2.16. The van der Waals surface area contributed by atoms with Gasteiger partial charge in [0.05, 0.1) is 0 Å². The van der Waals surface area contributed by atoms with E-state index in [2.05, 4.69) is 10.3 Å². The second kappa shape index (κ2) is 4.78. The number of aryl methyl sites for hydroxylation is 2. The number of hydrogen-bond acceptors (Lipinski definition) is 2. The molecule has 0 fully saturated rings. The molecule has 17 heavy (non-hydrogen) atoms. The first-order chi connectivity index (χ1) is 8.16. The van der Waals surface area contributed by atoms with Crippen LogP contribution >= 0.6 is 0 Å². The fourth-order valence-electron chi connectivity index (χ4n) is 1.58. The molecule has 2 rings (SSSR count). The van der Waals surface area contributed by atoms with E-state index in [1.54, 1.807) is 12.3 Å². The number of rotatable bonds is 2. The van der Waals surface area contributed by atoms with Crippen LogP contribution in [-0.2, 0) is 0 Å². The average Bonchev–Trinajstić information content (AvgIpc) is 2.32. The molecule has 3 nitrogen and oxygen atoms in total. The zero-order valence-corrected chi connectivity index (χ0v) is 9.90. The highest BCUT2D eigenvalue weighted by Crippen LogP contribution is 2.12. The highest BCUT2D eigenvalue weighted by molar-refractivity contribution is 6.04. The van der Waals surface area contributed by atoms with Gasteiger partial charge in [-0.05, 0) is 37.6 Å². The van der Waals surface area contributed by atoms with E-state index in [1.807, 2.05) is 44.2 Å². The third kappa shape index (κ3) is 2.69. The van der Waals surface area contributed by atoms with E-state index in [0.29, 0.717) is 11.4 Å². The van der Waals surface area contributed by atoms with E-state index in [1.165, 1.54) is 0 Å². The first kappa shape index (κ1) is 11.3. The molecule has 1 aromatic heterocycles. The Kier molecular flexibility index (Phi) is 3.19. The Morgan fingerprint density at radius 2 is 2.00 bits per heavy atom. The minimum atomic E-state index is -0.129. The fraction of sp³-hybridized carbons (Fsp3) is 0.143. The van der Waals surface area contributed by atoms with Gasteiger partial charge in [0, 0.05) is 11.8 Å². The van der Waals surface area contributed by atoms with Gasteiger partial charge in [-0.25, -0.2) is 4.98 Å². The van der Waals surface area contributed by atoms with Crippen LogP contribution in [0.15, 0.2) is 42.6 Å². The molecular weight excluding hydrogens is 212 g/mol. The van der Waals surface area contributed by atoms with E-state index in [4.69, 9.17) is 0 Å². The van der Waals surface area contributed by atoms with E-state index in [0.717, 1.165) is 11.1 Å². The van der Waals surface area contributed by atoms with Crippen molar-refractivity contribution >= 4 is 11.7 Å². The summed E-state index contributed by atoms with van der Waals surface area (Å²) in [6, 6.07) is 11.2. The topological polar surface area (TPSA) is 42.0 Å². The molecule has 1 amide bonds. The standard InChI is InChI=1S/C14H14N2O/c1-10-5-3-7-12(9-10)14(17)16-13-11(2)6-4-8-15-13/h3-9H,1-2H3,(H,15,16,17). The van der Waals surface area contributed by atoms with E-state index < -0.39 is 0 Å². The summed E-state index contributed by atoms with van der Waals surface area (Å²) in [5.41, 5.74) is 2.67. The van der Waals surface area contributed by atoms with E-state index >= 15 is 0 Å². The summed E-state index contributed by atoms with van der Waals surface area (Å²) in [5, 5.41) is 2.80. The van der Waals surface area contributed by atoms with Gasteiger partial charge >= 0.3 is 0 Å². The number of carbonyl (C=O) groups excluding carboxylic acids is 1. The summed E-state index contributed by atoms with van der Waals surface area (Å²) in [6.45, 7) is 3.88. The van der Waals surface area contributed by atoms with Crippen LogP contribution in [0.25, 0.3) is 0 Å². The summed E-state index contributed by atoms with van der Waals surface area (Å²) in [6.07, 6.45) is 1.67. The van der Waals surface area contributed by atoms with Crippen LogP contribution in [0.5, 0.6) is 0 Å². The molecule has 1 N–H and O–H groups in total. The molecule has 3 heteroatoms. The molecule has 0 saturated carbocycles. The van der Waals surface area contributed by atoms with E-state index in [-0.39, 0.29) is 5.91 Å². The van der Waals surface area contributed by atoms with Crippen LogP contribution in [0, 0.1) is 13.8 Å². The third-order valence-electron chi connectivity index (χ3n) is 2.52. The molecule has 0 atom stereocenters. The van der Waals surface area contributed by atoms with Crippen molar-refractivity contribution in [3.63, 3.8) is 0 Å². The lowest BCUT2D eigenvalue weighted by atomic mass is 10.1. The van der Waals surface area contributed by atoms with Crippen LogP contribution in [0.2, 0.25) is 0 Å². The fourth-order valence-corrected chi connectivity index (χ4v) is 1.58. The zero-order valence-electron chi connectivity index (χ0n) is 9.90. The number of hydrogen-bond donors (Lipinski definition) is 1. The van der Waals surface area contributed by atoms with Gasteiger partial charge in [0.2, 0.25) is 0 Å². The molecule has 0 aliphatic rings. The molecule has 0 aliphatic carbocycles. The third-order valence-corrected chi connectivity index (χ3v) is 2.52. The van der Waals surface area contributed by atoms with Crippen molar-refractivity contribution in [1.29, 1.82) is 0 Å². The van der Waals surface area contributed by atoms with Crippen LogP contribution in [-0.4, -0.2) is 10.9 Å². The Morgan fingerprint density at radius 3 is 2.71 bits per heavy atom. The highest BCUT2D eigenvalue weighted by atomic mass is 16.1. The highest BCUT2D eigenvalue weighted by Gasteiger charge is 2.07. The molecule has 0 unspecified atom stereocenters. The minimum absolute atomic E-state index is 0.129. The van der Waals surface area contributed by atoms with E-state index in [9.17, 15) is 4.79 Å². The summed E-state index contributed by atoms with van der Waals surface area (Å²) in [5.74, 6) is 0.481. The van der Waals surface area contributed by atoms with Gasteiger partial charge in [0.1, 0.15) is 5.82 Å². The van der Waals surface area contributed by atoms with Gasteiger partial charge in [0.25, 0.3) is 5.91 Å². The maximum absolute atomic E-state index is 12.0. The van der Waals surface area contributed by atoms with Crippen molar-refractivity contribution in [3.05, 3.63) is 59.3 Å². The Labute approximate surface area is 101 Å². The van der Waals surface area contributed by atoms with Gasteiger partial charge in [-0.3, -0.25) is 4.79 Å². The molecule has 86 valence electrons. The Morgan fingerprint density at radius 1 is 1.18 bits per heavy atom. The Bertz CT molecular complexity index is 549. The normalized spacial score (nSPS) is 10.0. The largest absolute Gasteiger partial charge is 0.306 e. The quantitative estimate of drug-likeness (QED) is 0.855. The first-order valence-electron chi connectivity index (χ1n) is 5.46. The van der Waals surface area contributed by atoms with Crippen LogP contribution in [0.1, 0.15) is 21.5 Å². The number of aromatic nitrogens is 1. The van der Waals surface area contributed by atoms with Gasteiger partial charge < -0.3 is 5.32 Å². The summed E-state index contributed by atoms with van der Waals surface area (Å²) >= 11 is 0. The van der Waals surface area contributed by atoms with Crippen molar-refractivity contribution in [2.45, 2.75) is 13.8 Å². The number of benzene rings is 1. The number of nitrogens with zero attached hydrogens (tertiary/aromatic N) is 1. The maximum atomic E-state index is 12.0. The molecule has 0 spiro atoms. The van der Waals surface area contributed by atoms with Crippen molar-refractivity contribution in [2.24, 2.45) is 0 Å². The van der Waals surface area contributed by atoms with Crippen molar-refractivity contribution in [2.75, 3.05) is 5.32 Å². The number of nitrogens with one attached hydrogen (secondary N) is 1. The lowest BCUT2D eigenvalue weighted by Crippen LogP contribution is -2.13. The van der Waals surface area contributed by atoms with Gasteiger partial charge in [-0.15, -0.1) is 0 Å². The number of anilines is 1. The van der Waals surface area contributed by atoms with Gasteiger partial charge in [-0.2, -0.15) is 0 Å². The lowest BCUT2D eigenvalue weighted by molar-refractivity contribution is 0.102. The lowest BCUT2D eigenvalue weighted by Gasteiger charge is -2.07.